The lowest BCUT2D eigenvalue weighted by Crippen LogP contribution is -2.06. The van der Waals surface area contributed by atoms with Crippen LogP contribution in [-0.2, 0) is 13.7 Å². The molecule has 96 valence electrons. The summed E-state index contributed by atoms with van der Waals surface area (Å²) in [6.07, 6.45) is 0. The highest BCUT2D eigenvalue weighted by molar-refractivity contribution is 5.37. The molecule has 0 aliphatic heterocycles. The Kier molecular flexibility index (Phi) is 3.57. The van der Waals surface area contributed by atoms with Crippen LogP contribution >= 0.6 is 0 Å². The molecule has 0 radical (unpaired) electrons. The number of ether oxygens (including phenoxy) is 1. The zero-order valence-corrected chi connectivity index (χ0v) is 10.8. The van der Waals surface area contributed by atoms with Gasteiger partial charge in [-0.05, 0) is 36.3 Å². The van der Waals surface area contributed by atoms with Crippen LogP contribution in [0.3, 0.4) is 0 Å². The number of aryl methyl sites for hydroxylation is 2. The number of benzene rings is 1. The zero-order valence-electron chi connectivity index (χ0n) is 10.8. The van der Waals surface area contributed by atoms with E-state index in [-0.39, 0.29) is 6.04 Å². The third-order valence-corrected chi connectivity index (χ3v) is 2.63. The Labute approximate surface area is 106 Å². The number of nitrogens with two attached hydrogens (primary N) is 1. The first-order valence-corrected chi connectivity index (χ1v) is 5.78. The smallest absolute Gasteiger partial charge is 0.212 e. The first kappa shape index (κ1) is 12.5. The summed E-state index contributed by atoms with van der Waals surface area (Å²) in [6.45, 7) is 4.26. The Balaban J connectivity index is 2.05. The van der Waals surface area contributed by atoms with E-state index < -0.39 is 0 Å². The van der Waals surface area contributed by atoms with Gasteiger partial charge in [-0.3, -0.25) is 0 Å². The highest BCUT2D eigenvalue weighted by atomic mass is 16.5. The topological polar surface area (TPSA) is 78.9 Å². The van der Waals surface area contributed by atoms with Gasteiger partial charge in [0.15, 0.2) is 6.61 Å². The maximum atomic E-state index is 5.83. The average Bonchev–Trinajstić information content (AvgIpc) is 2.73. The first-order chi connectivity index (χ1) is 8.56. The van der Waals surface area contributed by atoms with Crippen LogP contribution < -0.4 is 10.5 Å². The summed E-state index contributed by atoms with van der Waals surface area (Å²) < 4.78 is 5.65. The number of aromatic nitrogens is 4. The molecule has 0 aliphatic rings. The molecular formula is C12H17N5O. The van der Waals surface area contributed by atoms with Crippen molar-refractivity contribution in [3.05, 3.63) is 35.2 Å². The third kappa shape index (κ3) is 2.84. The molecule has 0 aliphatic carbocycles. The standard InChI is InChI=1S/C12H17N5O/c1-8-6-10(9(2)13)4-5-11(8)18-7-12-14-16-17(3)15-12/h4-6,9H,7,13H2,1-3H3/t9-/m1/s1. The summed E-state index contributed by atoms with van der Waals surface area (Å²) in [5.41, 5.74) is 7.97. The molecule has 0 fully saturated rings. The molecule has 1 aromatic heterocycles. The lowest BCUT2D eigenvalue weighted by atomic mass is 10.1. The average molecular weight is 247 g/mol. The van der Waals surface area contributed by atoms with Crippen LogP contribution in [0.25, 0.3) is 0 Å². The zero-order chi connectivity index (χ0) is 13.1. The largest absolute Gasteiger partial charge is 0.485 e. The van der Waals surface area contributed by atoms with Crippen molar-refractivity contribution in [1.29, 1.82) is 0 Å². The van der Waals surface area contributed by atoms with E-state index in [4.69, 9.17) is 10.5 Å². The van der Waals surface area contributed by atoms with Crippen molar-refractivity contribution in [3.8, 4) is 5.75 Å². The molecule has 6 heteroatoms. The first-order valence-electron chi connectivity index (χ1n) is 5.78. The van der Waals surface area contributed by atoms with Crippen molar-refractivity contribution in [2.45, 2.75) is 26.5 Å². The van der Waals surface area contributed by atoms with Crippen LogP contribution in [0.15, 0.2) is 18.2 Å². The minimum Gasteiger partial charge on any atom is -0.485 e. The second kappa shape index (κ2) is 5.14. The molecule has 2 rings (SSSR count). The van der Waals surface area contributed by atoms with Gasteiger partial charge in [0, 0.05) is 6.04 Å². The van der Waals surface area contributed by atoms with Gasteiger partial charge in [0.05, 0.1) is 7.05 Å². The Hall–Kier alpha value is -1.95. The lowest BCUT2D eigenvalue weighted by Gasteiger charge is -2.11. The lowest BCUT2D eigenvalue weighted by molar-refractivity contribution is 0.293. The molecule has 2 aromatic rings. The predicted molar refractivity (Wildman–Crippen MR) is 66.9 cm³/mol. The highest BCUT2D eigenvalue weighted by Crippen LogP contribution is 2.22. The predicted octanol–water partition coefficient (Wildman–Crippen LogP) is 1.12. The minimum atomic E-state index is 0.0272. The van der Waals surface area contributed by atoms with Gasteiger partial charge >= 0.3 is 0 Å². The molecule has 1 atom stereocenters. The van der Waals surface area contributed by atoms with Gasteiger partial charge in [-0.2, -0.15) is 4.80 Å². The van der Waals surface area contributed by atoms with Crippen LogP contribution in [0.2, 0.25) is 0 Å². The molecule has 1 heterocycles. The number of hydrogen-bond donors (Lipinski definition) is 1. The minimum absolute atomic E-state index is 0.0272. The van der Waals surface area contributed by atoms with E-state index in [1.807, 2.05) is 32.0 Å². The number of nitrogens with zero attached hydrogens (tertiary/aromatic N) is 4. The Morgan fingerprint density at radius 1 is 1.44 bits per heavy atom. The second-order valence-electron chi connectivity index (χ2n) is 4.30. The van der Waals surface area contributed by atoms with Crippen molar-refractivity contribution in [2.75, 3.05) is 0 Å². The summed E-state index contributed by atoms with van der Waals surface area (Å²) >= 11 is 0. The molecule has 1 aromatic carbocycles. The van der Waals surface area contributed by atoms with Gasteiger partial charge in [0.25, 0.3) is 0 Å². The third-order valence-electron chi connectivity index (χ3n) is 2.63. The monoisotopic (exact) mass is 247 g/mol. The number of tetrazole rings is 1. The summed E-state index contributed by atoms with van der Waals surface area (Å²) in [4.78, 5) is 1.41. The van der Waals surface area contributed by atoms with E-state index in [1.165, 1.54) is 4.80 Å². The molecule has 6 nitrogen and oxygen atoms in total. The van der Waals surface area contributed by atoms with Gasteiger partial charge in [-0.1, -0.05) is 12.1 Å². The van der Waals surface area contributed by atoms with E-state index in [9.17, 15) is 0 Å². The number of hydrogen-bond acceptors (Lipinski definition) is 5. The van der Waals surface area contributed by atoms with Gasteiger partial charge in [0.1, 0.15) is 5.75 Å². The molecule has 0 spiro atoms. The molecule has 0 saturated carbocycles. The molecule has 0 bridgehead atoms. The summed E-state index contributed by atoms with van der Waals surface area (Å²) in [5.74, 6) is 1.38. The van der Waals surface area contributed by atoms with Crippen molar-refractivity contribution < 1.29 is 4.74 Å². The maximum Gasteiger partial charge on any atom is 0.212 e. The van der Waals surface area contributed by atoms with E-state index in [1.54, 1.807) is 7.05 Å². The van der Waals surface area contributed by atoms with Crippen LogP contribution in [0.4, 0.5) is 0 Å². The Morgan fingerprint density at radius 2 is 2.22 bits per heavy atom. The fraction of sp³-hybridized carbons (Fsp3) is 0.417. The van der Waals surface area contributed by atoms with Gasteiger partial charge in [0.2, 0.25) is 5.82 Å². The van der Waals surface area contributed by atoms with Crippen LogP contribution in [0, 0.1) is 6.92 Å². The Bertz CT molecular complexity index is 535. The normalized spacial score (nSPS) is 12.4. The molecule has 0 amide bonds. The quantitative estimate of drug-likeness (QED) is 0.875. The van der Waals surface area contributed by atoms with Gasteiger partial charge in [-0.25, -0.2) is 0 Å². The molecular weight excluding hydrogens is 230 g/mol. The van der Waals surface area contributed by atoms with Crippen LogP contribution in [0.1, 0.15) is 29.9 Å². The summed E-state index contributed by atoms with van der Waals surface area (Å²) in [5, 5.41) is 11.7. The van der Waals surface area contributed by atoms with E-state index in [0.29, 0.717) is 12.4 Å². The molecule has 18 heavy (non-hydrogen) atoms. The maximum absolute atomic E-state index is 5.83. The molecule has 2 N–H and O–H groups in total. The van der Waals surface area contributed by atoms with E-state index >= 15 is 0 Å². The Morgan fingerprint density at radius 3 is 2.78 bits per heavy atom. The van der Waals surface area contributed by atoms with Crippen molar-refractivity contribution in [2.24, 2.45) is 12.8 Å². The fourth-order valence-corrected chi connectivity index (χ4v) is 1.64. The molecule has 0 saturated heterocycles. The fourth-order valence-electron chi connectivity index (χ4n) is 1.64. The highest BCUT2D eigenvalue weighted by Gasteiger charge is 2.06. The van der Waals surface area contributed by atoms with Crippen LogP contribution in [-0.4, -0.2) is 20.2 Å². The SMILES string of the molecule is Cc1cc([C@@H](C)N)ccc1OCc1nnn(C)n1. The number of rotatable bonds is 4. The van der Waals surface area contributed by atoms with Gasteiger partial charge < -0.3 is 10.5 Å². The molecule has 0 unspecified atom stereocenters. The summed E-state index contributed by atoms with van der Waals surface area (Å²) in [7, 11) is 1.72. The summed E-state index contributed by atoms with van der Waals surface area (Å²) in [6, 6.07) is 5.95. The van der Waals surface area contributed by atoms with Crippen molar-refractivity contribution in [3.63, 3.8) is 0 Å². The van der Waals surface area contributed by atoms with Crippen molar-refractivity contribution in [1.82, 2.24) is 20.2 Å². The van der Waals surface area contributed by atoms with Crippen LogP contribution in [0.5, 0.6) is 5.75 Å². The van der Waals surface area contributed by atoms with Gasteiger partial charge in [-0.15, -0.1) is 10.2 Å². The van der Waals surface area contributed by atoms with E-state index in [0.717, 1.165) is 16.9 Å². The van der Waals surface area contributed by atoms with E-state index in [2.05, 4.69) is 15.4 Å². The van der Waals surface area contributed by atoms with Crippen molar-refractivity contribution >= 4 is 0 Å². The second-order valence-corrected chi connectivity index (χ2v) is 4.30.